The lowest BCUT2D eigenvalue weighted by molar-refractivity contribution is -0.143. The smallest absolute Gasteiger partial charge is 0.381 e. The summed E-state index contributed by atoms with van der Waals surface area (Å²) in [5.74, 6) is 0.0918. The van der Waals surface area contributed by atoms with Crippen LogP contribution in [0.2, 0.25) is 0 Å². The van der Waals surface area contributed by atoms with Crippen molar-refractivity contribution in [2.75, 3.05) is 46.4 Å². The van der Waals surface area contributed by atoms with Gasteiger partial charge in [0.2, 0.25) is 0 Å². The van der Waals surface area contributed by atoms with E-state index in [0.29, 0.717) is 55.5 Å². The van der Waals surface area contributed by atoms with Gasteiger partial charge in [0.25, 0.3) is 0 Å². The Morgan fingerprint density at radius 3 is 2.17 bits per heavy atom. The molecule has 266 valence electrons. The molecule has 1 saturated heterocycles. The maximum Gasteiger partial charge on any atom is 0.416 e. The van der Waals surface area contributed by atoms with Crippen LogP contribution in [-0.2, 0) is 21.9 Å². The van der Waals surface area contributed by atoms with Crippen molar-refractivity contribution in [1.82, 2.24) is 14.7 Å². The fourth-order valence-electron chi connectivity index (χ4n) is 7.03. The first-order valence-corrected chi connectivity index (χ1v) is 16.4. The zero-order valence-corrected chi connectivity index (χ0v) is 27.7. The highest BCUT2D eigenvalue weighted by Crippen LogP contribution is 2.39. The Morgan fingerprint density at radius 1 is 1.00 bits per heavy atom. The Labute approximate surface area is 277 Å². The van der Waals surface area contributed by atoms with Crippen LogP contribution in [0.3, 0.4) is 0 Å². The third kappa shape index (κ3) is 9.07. The molecule has 6 nitrogen and oxygen atoms in total. The molecule has 1 heterocycles. The number of alkyl halides is 6. The standard InChI is InChI=1S/C35H44F7N3O3/c1-5-48-21-27(20-46)25-8-6-24(7-9-25)18-44-12-13-45(32(19-44)31-11-10-30(36)14-22(31)2)33(47)43(4)23(3)26-15-28(34(37,38)39)17-29(16-26)35(40,41)42/h10-11,14-17,20,23-25,27,32H,5-9,12-13,18-19,21H2,1-4H3/t23-,24?,25?,27?,32-/m1/s1. The van der Waals surface area contributed by atoms with Crippen LogP contribution in [0.25, 0.3) is 0 Å². The van der Waals surface area contributed by atoms with E-state index >= 15 is 0 Å². The molecular formula is C35H44F7N3O3. The van der Waals surface area contributed by atoms with Crippen molar-refractivity contribution in [2.24, 2.45) is 17.8 Å². The minimum Gasteiger partial charge on any atom is -0.381 e. The third-order valence-electron chi connectivity index (χ3n) is 9.98. The number of benzene rings is 2. The molecule has 2 aromatic carbocycles. The van der Waals surface area contributed by atoms with Crippen molar-refractivity contribution < 1.29 is 45.1 Å². The zero-order valence-electron chi connectivity index (χ0n) is 27.7. The van der Waals surface area contributed by atoms with E-state index in [9.17, 15) is 40.3 Å². The van der Waals surface area contributed by atoms with Crippen LogP contribution in [0.1, 0.15) is 79.4 Å². The van der Waals surface area contributed by atoms with Gasteiger partial charge in [0.05, 0.1) is 29.8 Å². The highest BCUT2D eigenvalue weighted by molar-refractivity contribution is 5.75. The Morgan fingerprint density at radius 2 is 1.62 bits per heavy atom. The summed E-state index contributed by atoms with van der Waals surface area (Å²) in [6.07, 6.45) is -5.33. The van der Waals surface area contributed by atoms with E-state index < -0.39 is 47.4 Å². The largest absolute Gasteiger partial charge is 0.416 e. The van der Waals surface area contributed by atoms with E-state index in [1.165, 1.54) is 26.1 Å². The van der Waals surface area contributed by atoms with Gasteiger partial charge in [-0.1, -0.05) is 6.07 Å². The van der Waals surface area contributed by atoms with Gasteiger partial charge in [-0.2, -0.15) is 26.3 Å². The molecule has 2 amide bonds. The van der Waals surface area contributed by atoms with Crippen LogP contribution in [0.15, 0.2) is 36.4 Å². The summed E-state index contributed by atoms with van der Waals surface area (Å²) in [4.78, 5) is 30.7. The Kier molecular flexibility index (Phi) is 12.2. The minimum atomic E-state index is -5.02. The van der Waals surface area contributed by atoms with E-state index in [0.717, 1.165) is 43.4 Å². The van der Waals surface area contributed by atoms with Crippen molar-refractivity contribution in [3.05, 3.63) is 70.0 Å². The second kappa shape index (κ2) is 15.6. The van der Waals surface area contributed by atoms with Gasteiger partial charge >= 0.3 is 18.4 Å². The van der Waals surface area contributed by atoms with E-state index in [1.54, 1.807) is 17.9 Å². The van der Waals surface area contributed by atoms with Gasteiger partial charge in [-0.3, -0.25) is 4.90 Å². The third-order valence-corrected chi connectivity index (χ3v) is 9.98. The molecule has 3 atom stereocenters. The number of piperazine rings is 1. The predicted octanol–water partition coefficient (Wildman–Crippen LogP) is 8.30. The number of carbonyl (C=O) groups excluding carboxylic acids is 2. The number of hydrogen-bond acceptors (Lipinski definition) is 4. The minimum absolute atomic E-state index is 0.0680. The number of nitrogens with zero attached hydrogens (tertiary/aromatic N) is 3. The Hall–Kier alpha value is -3.19. The monoisotopic (exact) mass is 687 g/mol. The molecule has 48 heavy (non-hydrogen) atoms. The molecule has 0 aromatic heterocycles. The lowest BCUT2D eigenvalue weighted by Crippen LogP contribution is -2.54. The summed E-state index contributed by atoms with van der Waals surface area (Å²) < 4.78 is 101. The van der Waals surface area contributed by atoms with Gasteiger partial charge in [-0.05, 0) is 105 Å². The Bertz CT molecular complexity index is 1380. The fourth-order valence-corrected chi connectivity index (χ4v) is 7.03. The normalized spacial score (nSPS) is 22.3. The fraction of sp³-hybridized carbons (Fsp3) is 0.600. The molecule has 0 radical (unpaired) electrons. The van der Waals surface area contributed by atoms with Gasteiger partial charge < -0.3 is 19.3 Å². The molecule has 2 fully saturated rings. The summed E-state index contributed by atoms with van der Waals surface area (Å²) in [5.41, 5.74) is -1.85. The molecule has 0 N–H and O–H groups in total. The van der Waals surface area contributed by atoms with Gasteiger partial charge in [-0.15, -0.1) is 0 Å². The summed E-state index contributed by atoms with van der Waals surface area (Å²) in [5, 5.41) is 0. The summed E-state index contributed by atoms with van der Waals surface area (Å²) in [6.45, 7) is 7.95. The zero-order chi connectivity index (χ0) is 35.4. The summed E-state index contributed by atoms with van der Waals surface area (Å²) in [6, 6.07) is 3.45. The molecule has 0 bridgehead atoms. The topological polar surface area (TPSA) is 53.1 Å². The average molecular weight is 688 g/mol. The van der Waals surface area contributed by atoms with Crippen molar-refractivity contribution in [1.29, 1.82) is 0 Å². The SMILES string of the molecule is CCOCC(C=O)C1CCC(CN2CCN(C(=O)N(C)[C@H](C)c3cc(C(F)(F)F)cc(C(F)(F)F)c3)[C@@H](c3ccc(F)cc3C)C2)CC1. The van der Waals surface area contributed by atoms with Crippen LogP contribution in [0.5, 0.6) is 0 Å². The first kappa shape index (κ1) is 37.6. The van der Waals surface area contributed by atoms with Crippen LogP contribution in [0.4, 0.5) is 35.5 Å². The molecular weight excluding hydrogens is 643 g/mol. The van der Waals surface area contributed by atoms with Gasteiger partial charge in [0.1, 0.15) is 12.1 Å². The molecule has 1 aliphatic carbocycles. The molecule has 13 heteroatoms. The second-order valence-electron chi connectivity index (χ2n) is 13.1. The molecule has 4 rings (SSSR count). The summed E-state index contributed by atoms with van der Waals surface area (Å²) >= 11 is 0. The number of amides is 2. The van der Waals surface area contributed by atoms with Crippen molar-refractivity contribution in [3.63, 3.8) is 0 Å². The van der Waals surface area contributed by atoms with E-state index in [-0.39, 0.29) is 30.0 Å². The number of carbonyl (C=O) groups is 2. The maximum absolute atomic E-state index is 14.1. The van der Waals surface area contributed by atoms with Crippen LogP contribution in [-0.4, -0.2) is 73.5 Å². The Balaban J connectivity index is 1.53. The maximum atomic E-state index is 14.1. The highest BCUT2D eigenvalue weighted by Gasteiger charge is 2.40. The van der Waals surface area contributed by atoms with E-state index in [4.69, 9.17) is 4.74 Å². The number of rotatable bonds is 10. The van der Waals surface area contributed by atoms with Crippen molar-refractivity contribution in [3.8, 4) is 0 Å². The van der Waals surface area contributed by atoms with Gasteiger partial charge in [0.15, 0.2) is 0 Å². The molecule has 1 saturated carbocycles. The predicted molar refractivity (Wildman–Crippen MR) is 167 cm³/mol. The summed E-state index contributed by atoms with van der Waals surface area (Å²) in [7, 11) is 1.36. The molecule has 1 aliphatic heterocycles. The molecule has 2 aromatic rings. The number of aryl methyl sites for hydroxylation is 1. The van der Waals surface area contributed by atoms with Crippen LogP contribution < -0.4 is 0 Å². The van der Waals surface area contributed by atoms with E-state index in [2.05, 4.69) is 4.90 Å². The first-order chi connectivity index (χ1) is 22.5. The van der Waals surface area contributed by atoms with E-state index in [1.807, 2.05) is 6.92 Å². The molecule has 2 aliphatic rings. The van der Waals surface area contributed by atoms with Crippen LogP contribution in [0, 0.1) is 30.5 Å². The quantitative estimate of drug-likeness (QED) is 0.186. The second-order valence-corrected chi connectivity index (χ2v) is 13.1. The number of urea groups is 1. The first-order valence-electron chi connectivity index (χ1n) is 16.4. The van der Waals surface area contributed by atoms with Gasteiger partial charge in [0, 0.05) is 45.8 Å². The number of hydrogen-bond donors (Lipinski definition) is 0. The van der Waals surface area contributed by atoms with Gasteiger partial charge in [-0.25, -0.2) is 9.18 Å². The highest BCUT2D eigenvalue weighted by atomic mass is 19.4. The lowest BCUT2D eigenvalue weighted by Gasteiger charge is -2.45. The number of aldehydes is 1. The molecule has 0 spiro atoms. The lowest BCUT2D eigenvalue weighted by atomic mass is 9.76. The number of ether oxygens (including phenoxy) is 1. The van der Waals surface area contributed by atoms with Crippen molar-refractivity contribution in [2.45, 2.75) is 70.9 Å². The van der Waals surface area contributed by atoms with Crippen molar-refractivity contribution >= 4 is 12.3 Å². The molecule has 1 unspecified atom stereocenters. The average Bonchev–Trinajstić information content (AvgIpc) is 3.03. The van der Waals surface area contributed by atoms with Crippen LogP contribution >= 0.6 is 0 Å². The number of halogens is 7.